The van der Waals surface area contributed by atoms with E-state index in [1.54, 1.807) is 0 Å². The summed E-state index contributed by atoms with van der Waals surface area (Å²) in [5.41, 5.74) is 0. The summed E-state index contributed by atoms with van der Waals surface area (Å²) in [6.45, 7) is 0.644. The molecule has 0 saturated heterocycles. The Labute approximate surface area is 100.0 Å². The fourth-order valence-electron chi connectivity index (χ4n) is 1.26. The van der Waals surface area contributed by atoms with Gasteiger partial charge in [0.05, 0.1) is 0 Å². The third-order valence-corrected chi connectivity index (χ3v) is 2.70. The SMILES string of the molecule is Oc1coc(=S)n1CCn1c(O)coc1=S. The minimum atomic E-state index is -0.0699. The van der Waals surface area contributed by atoms with Gasteiger partial charge in [0.2, 0.25) is 11.8 Å². The topological polar surface area (TPSA) is 76.6 Å². The predicted molar refractivity (Wildman–Crippen MR) is 58.4 cm³/mol. The third-order valence-electron chi connectivity index (χ3n) is 2.07. The van der Waals surface area contributed by atoms with Gasteiger partial charge in [-0.1, -0.05) is 0 Å². The summed E-state index contributed by atoms with van der Waals surface area (Å²) in [6.07, 6.45) is 2.30. The number of nitrogens with zero attached hydrogens (tertiary/aromatic N) is 2. The summed E-state index contributed by atoms with van der Waals surface area (Å²) in [7, 11) is 0. The minimum absolute atomic E-state index is 0.0699. The lowest BCUT2D eigenvalue weighted by Gasteiger charge is -2.04. The van der Waals surface area contributed by atoms with Crippen LogP contribution in [0.1, 0.15) is 0 Å². The highest BCUT2D eigenvalue weighted by Crippen LogP contribution is 2.15. The molecule has 0 spiro atoms. The van der Waals surface area contributed by atoms with Crippen LogP contribution in [-0.4, -0.2) is 19.3 Å². The fraction of sp³-hybridized carbons (Fsp3) is 0.250. The average Bonchev–Trinajstić information content (AvgIpc) is 2.72. The number of aromatic nitrogens is 2. The van der Waals surface area contributed by atoms with Crippen LogP contribution in [0, 0.1) is 9.67 Å². The molecule has 8 heteroatoms. The molecule has 6 nitrogen and oxygen atoms in total. The van der Waals surface area contributed by atoms with Gasteiger partial charge in [-0.15, -0.1) is 0 Å². The van der Waals surface area contributed by atoms with E-state index in [0.29, 0.717) is 13.1 Å². The summed E-state index contributed by atoms with van der Waals surface area (Å²) in [6, 6.07) is 0. The Balaban J connectivity index is 2.20. The van der Waals surface area contributed by atoms with E-state index in [-0.39, 0.29) is 21.4 Å². The Morgan fingerprint density at radius 3 is 1.56 bits per heavy atom. The third kappa shape index (κ3) is 1.89. The van der Waals surface area contributed by atoms with Crippen LogP contribution in [-0.2, 0) is 13.1 Å². The summed E-state index contributed by atoms with van der Waals surface area (Å²) in [5, 5.41) is 18.8. The van der Waals surface area contributed by atoms with Gasteiger partial charge in [-0.05, 0) is 24.4 Å². The molecule has 16 heavy (non-hydrogen) atoms. The van der Waals surface area contributed by atoms with E-state index in [1.165, 1.54) is 9.13 Å². The normalized spacial score (nSPS) is 10.8. The van der Waals surface area contributed by atoms with Gasteiger partial charge in [-0.25, -0.2) is 0 Å². The van der Waals surface area contributed by atoms with Crippen LogP contribution in [0.5, 0.6) is 11.8 Å². The van der Waals surface area contributed by atoms with Crippen molar-refractivity contribution in [1.82, 2.24) is 9.13 Å². The van der Waals surface area contributed by atoms with Crippen molar-refractivity contribution in [2.24, 2.45) is 0 Å². The second-order valence-electron chi connectivity index (χ2n) is 3.02. The van der Waals surface area contributed by atoms with Gasteiger partial charge in [0.15, 0.2) is 12.5 Å². The van der Waals surface area contributed by atoms with Crippen molar-refractivity contribution in [2.45, 2.75) is 13.1 Å². The molecule has 2 aromatic heterocycles. The number of hydrogen-bond acceptors (Lipinski definition) is 6. The Hall–Kier alpha value is -1.54. The molecule has 2 heterocycles. The van der Waals surface area contributed by atoms with Crippen molar-refractivity contribution >= 4 is 24.4 Å². The second kappa shape index (κ2) is 4.14. The first-order chi connectivity index (χ1) is 7.59. The van der Waals surface area contributed by atoms with Crippen molar-refractivity contribution in [1.29, 1.82) is 0 Å². The molecule has 0 fully saturated rings. The van der Waals surface area contributed by atoms with Crippen molar-refractivity contribution < 1.29 is 19.0 Å². The lowest BCUT2D eigenvalue weighted by atomic mass is 10.6. The van der Waals surface area contributed by atoms with Crippen molar-refractivity contribution in [3.05, 3.63) is 22.2 Å². The molecule has 2 rings (SSSR count). The molecule has 0 aliphatic carbocycles. The zero-order valence-electron chi connectivity index (χ0n) is 7.99. The molecule has 0 amide bonds. The molecular weight excluding hydrogens is 252 g/mol. The van der Waals surface area contributed by atoms with Gasteiger partial charge in [0.1, 0.15) is 0 Å². The molecule has 0 aliphatic heterocycles. The Morgan fingerprint density at radius 1 is 0.938 bits per heavy atom. The Bertz CT molecular complexity index is 552. The van der Waals surface area contributed by atoms with Gasteiger partial charge >= 0.3 is 0 Å². The lowest BCUT2D eigenvalue weighted by molar-refractivity contribution is 0.380. The van der Waals surface area contributed by atoms with E-state index in [1.807, 2.05) is 0 Å². The zero-order valence-corrected chi connectivity index (χ0v) is 9.62. The van der Waals surface area contributed by atoms with Crippen LogP contribution >= 0.6 is 24.4 Å². The first-order valence-electron chi connectivity index (χ1n) is 4.34. The van der Waals surface area contributed by atoms with E-state index in [0.717, 1.165) is 12.5 Å². The summed E-state index contributed by atoms with van der Waals surface area (Å²) in [5.74, 6) is -0.140. The molecule has 0 saturated carbocycles. The predicted octanol–water partition coefficient (Wildman–Crippen LogP) is 2.05. The molecule has 0 radical (unpaired) electrons. The van der Waals surface area contributed by atoms with E-state index in [9.17, 15) is 10.2 Å². The summed E-state index contributed by atoms with van der Waals surface area (Å²) in [4.78, 5) is 0.319. The molecule has 0 atom stereocenters. The number of rotatable bonds is 3. The molecule has 0 bridgehead atoms. The van der Waals surface area contributed by atoms with Gasteiger partial charge < -0.3 is 19.0 Å². The van der Waals surface area contributed by atoms with Crippen LogP contribution in [0.3, 0.4) is 0 Å². The van der Waals surface area contributed by atoms with Crippen LogP contribution in [0.2, 0.25) is 0 Å². The Morgan fingerprint density at radius 2 is 1.31 bits per heavy atom. The largest absolute Gasteiger partial charge is 0.492 e. The van der Waals surface area contributed by atoms with E-state index in [4.69, 9.17) is 33.3 Å². The highest BCUT2D eigenvalue weighted by molar-refractivity contribution is 7.71. The number of hydrogen-bond donors (Lipinski definition) is 2. The fourth-order valence-corrected chi connectivity index (χ4v) is 1.73. The van der Waals surface area contributed by atoms with Crippen LogP contribution in [0.15, 0.2) is 21.4 Å². The maximum absolute atomic E-state index is 9.38. The van der Waals surface area contributed by atoms with Gasteiger partial charge in [-0.3, -0.25) is 9.13 Å². The summed E-state index contributed by atoms with van der Waals surface area (Å²) >= 11 is 9.70. The van der Waals surface area contributed by atoms with Crippen LogP contribution in [0.25, 0.3) is 0 Å². The standard InChI is InChI=1S/C8H8N2O4S2/c11-5-3-13-7(15)9(5)1-2-10-6(12)4-14-8(10)16/h3-4,11-12H,1-2H2. The first kappa shape index (κ1) is 11.0. The highest BCUT2D eigenvalue weighted by atomic mass is 32.1. The molecule has 0 unspecified atom stereocenters. The van der Waals surface area contributed by atoms with E-state index in [2.05, 4.69) is 0 Å². The highest BCUT2D eigenvalue weighted by Gasteiger charge is 2.07. The summed E-state index contributed by atoms with van der Waals surface area (Å²) < 4.78 is 12.4. The minimum Gasteiger partial charge on any atom is -0.492 e. The maximum Gasteiger partial charge on any atom is 0.271 e. The zero-order chi connectivity index (χ0) is 11.7. The van der Waals surface area contributed by atoms with Gasteiger partial charge in [0, 0.05) is 13.1 Å². The molecule has 2 aromatic rings. The smallest absolute Gasteiger partial charge is 0.271 e. The Kier molecular flexibility index (Phi) is 2.84. The van der Waals surface area contributed by atoms with E-state index < -0.39 is 0 Å². The van der Waals surface area contributed by atoms with Crippen molar-refractivity contribution in [2.75, 3.05) is 0 Å². The molecule has 86 valence electrons. The van der Waals surface area contributed by atoms with Crippen LogP contribution in [0.4, 0.5) is 0 Å². The average molecular weight is 260 g/mol. The number of oxazole rings is 2. The quantitative estimate of drug-likeness (QED) is 0.822. The van der Waals surface area contributed by atoms with Crippen molar-refractivity contribution in [3.63, 3.8) is 0 Å². The maximum atomic E-state index is 9.38. The van der Waals surface area contributed by atoms with Crippen molar-refractivity contribution in [3.8, 4) is 11.8 Å². The molecule has 2 N–H and O–H groups in total. The monoisotopic (exact) mass is 260 g/mol. The van der Waals surface area contributed by atoms with E-state index >= 15 is 0 Å². The second-order valence-corrected chi connectivity index (χ2v) is 3.72. The van der Waals surface area contributed by atoms with Crippen LogP contribution < -0.4 is 0 Å². The first-order valence-corrected chi connectivity index (χ1v) is 5.16. The molecule has 0 aromatic carbocycles. The molecular formula is C8H8N2O4S2. The molecule has 0 aliphatic rings. The lowest BCUT2D eigenvalue weighted by Crippen LogP contribution is -2.06. The van der Waals surface area contributed by atoms with Gasteiger partial charge in [0.25, 0.3) is 9.67 Å². The number of aromatic hydroxyl groups is 2. The van der Waals surface area contributed by atoms with Gasteiger partial charge in [-0.2, -0.15) is 0 Å².